The van der Waals surface area contributed by atoms with Crippen molar-refractivity contribution in [1.29, 1.82) is 0 Å². The van der Waals surface area contributed by atoms with E-state index in [1.165, 1.54) is 0 Å². The van der Waals surface area contributed by atoms with E-state index in [1.54, 1.807) is 0 Å². The Morgan fingerprint density at radius 2 is 0.946 bits per heavy atom. The van der Waals surface area contributed by atoms with Crippen LogP contribution in [0.1, 0.15) is 20.8 Å². The predicted octanol–water partition coefficient (Wildman–Crippen LogP) is 1.95. The topological polar surface area (TPSA) is 161 Å². The monoisotopic (exact) mass is 538 g/mol. The van der Waals surface area contributed by atoms with Gasteiger partial charge in [0, 0.05) is 18.0 Å². The minimum absolute atomic E-state index is 0.326. The first-order chi connectivity index (χ1) is 18.0. The van der Waals surface area contributed by atoms with Crippen molar-refractivity contribution in [3.8, 4) is 0 Å². The molecule has 0 bridgehead atoms. The van der Waals surface area contributed by atoms with E-state index in [-0.39, 0.29) is 0 Å². The lowest BCUT2D eigenvalue weighted by molar-refractivity contribution is -0.0229. The highest BCUT2D eigenvalue weighted by Gasteiger charge is 2.15. The van der Waals surface area contributed by atoms with Crippen LogP contribution in [0.15, 0.2) is 5.11 Å². The molecule has 37 heavy (non-hydrogen) atoms. The quantitative estimate of drug-likeness (QED) is 0.0708. The minimum atomic E-state index is -0.510. The Bertz CT molecular complexity index is 560. The number of carbonyl (C=O) groups excluding carboxylic acids is 1. The van der Waals surface area contributed by atoms with Gasteiger partial charge in [0.1, 0.15) is 5.60 Å². The molecule has 0 aromatic heterocycles. The second kappa shape index (κ2) is 27.3. The second-order valence-electron chi connectivity index (χ2n) is 8.28. The van der Waals surface area contributed by atoms with Crippen LogP contribution in [0, 0.1) is 0 Å². The van der Waals surface area contributed by atoms with E-state index < -0.39 is 11.7 Å². The van der Waals surface area contributed by atoms with E-state index in [2.05, 4.69) is 15.3 Å². The average Bonchev–Trinajstić information content (AvgIpc) is 2.84. The van der Waals surface area contributed by atoms with Gasteiger partial charge in [-0.25, -0.2) is 4.79 Å². The van der Waals surface area contributed by atoms with E-state index in [0.29, 0.717) is 119 Å². The molecule has 14 nitrogen and oxygen atoms in total. The standard InChI is InChI=1S/C23H46N4O10/c1-23(2,3)37-22(28)25-4-6-29-8-10-31-12-14-33-16-18-35-20-21-36-19-17-34-15-13-32-11-9-30-7-5-26-27-24/h4-21H2,1-3H3,(H,25,28). The molecule has 0 aromatic carbocycles. The highest BCUT2D eigenvalue weighted by atomic mass is 16.6. The van der Waals surface area contributed by atoms with E-state index in [0.717, 1.165) is 0 Å². The largest absolute Gasteiger partial charge is 0.444 e. The lowest BCUT2D eigenvalue weighted by Crippen LogP contribution is -2.34. The summed E-state index contributed by atoms with van der Waals surface area (Å²) in [6.07, 6.45) is -0.454. The number of hydrogen-bond acceptors (Lipinski definition) is 11. The molecule has 0 fully saturated rings. The summed E-state index contributed by atoms with van der Waals surface area (Å²) in [5.41, 5.74) is 7.60. The molecule has 0 unspecified atom stereocenters. The number of nitrogens with one attached hydrogen (secondary N) is 1. The summed E-state index contributed by atoms with van der Waals surface area (Å²) < 4.78 is 48.1. The van der Waals surface area contributed by atoms with Gasteiger partial charge in [-0.3, -0.25) is 0 Å². The Labute approximate surface area is 220 Å². The molecule has 0 radical (unpaired) electrons. The van der Waals surface area contributed by atoms with Gasteiger partial charge >= 0.3 is 6.09 Å². The van der Waals surface area contributed by atoms with Crippen LogP contribution >= 0.6 is 0 Å². The molecule has 1 N–H and O–H groups in total. The minimum Gasteiger partial charge on any atom is -0.444 e. The van der Waals surface area contributed by atoms with Gasteiger partial charge in [-0.05, 0) is 26.3 Å². The molecule has 0 saturated heterocycles. The maximum Gasteiger partial charge on any atom is 0.407 e. The van der Waals surface area contributed by atoms with Crippen molar-refractivity contribution in [3.63, 3.8) is 0 Å². The molecule has 0 atom stereocenters. The van der Waals surface area contributed by atoms with Crippen LogP contribution in [0.2, 0.25) is 0 Å². The molecule has 1 amide bonds. The summed E-state index contributed by atoms with van der Waals surface area (Å²) in [5, 5.41) is 5.98. The highest BCUT2D eigenvalue weighted by molar-refractivity contribution is 5.67. The van der Waals surface area contributed by atoms with Crippen LogP contribution in [0.3, 0.4) is 0 Å². The first-order valence-electron chi connectivity index (χ1n) is 12.6. The summed E-state index contributed by atoms with van der Waals surface area (Å²) in [4.78, 5) is 14.1. The maximum atomic E-state index is 11.4. The van der Waals surface area contributed by atoms with Crippen molar-refractivity contribution in [3.05, 3.63) is 10.4 Å². The Morgan fingerprint density at radius 3 is 1.27 bits per heavy atom. The molecule has 0 aromatic rings. The third-order valence-electron chi connectivity index (χ3n) is 3.92. The Morgan fingerprint density at radius 1 is 0.622 bits per heavy atom. The summed E-state index contributed by atoms with van der Waals surface area (Å²) >= 11 is 0. The van der Waals surface area contributed by atoms with Crippen LogP contribution in [-0.2, 0) is 42.6 Å². The molecule has 0 aliphatic rings. The van der Waals surface area contributed by atoms with E-state index in [1.807, 2.05) is 20.8 Å². The number of alkyl carbamates (subject to hydrolysis) is 1. The van der Waals surface area contributed by atoms with Crippen molar-refractivity contribution >= 4 is 6.09 Å². The Balaban J connectivity index is 3.11. The van der Waals surface area contributed by atoms with Crippen molar-refractivity contribution in [2.75, 3.05) is 119 Å². The molecular formula is C23H46N4O10. The highest BCUT2D eigenvalue weighted by Crippen LogP contribution is 2.06. The fraction of sp³-hybridized carbons (Fsp3) is 0.957. The Hall–Kier alpha value is -1.74. The second-order valence-corrected chi connectivity index (χ2v) is 8.28. The fourth-order valence-electron chi connectivity index (χ4n) is 2.33. The van der Waals surface area contributed by atoms with Gasteiger partial charge in [0.15, 0.2) is 0 Å². The number of carbonyl (C=O) groups is 1. The number of azide groups is 1. The normalized spacial score (nSPS) is 11.3. The van der Waals surface area contributed by atoms with Crippen LogP contribution in [-0.4, -0.2) is 130 Å². The van der Waals surface area contributed by atoms with Crippen molar-refractivity contribution in [2.24, 2.45) is 5.11 Å². The fourth-order valence-corrected chi connectivity index (χ4v) is 2.33. The third-order valence-corrected chi connectivity index (χ3v) is 3.92. The smallest absolute Gasteiger partial charge is 0.407 e. The first-order valence-corrected chi connectivity index (χ1v) is 12.6. The number of hydrogen-bond donors (Lipinski definition) is 1. The van der Waals surface area contributed by atoms with E-state index in [9.17, 15) is 4.79 Å². The molecular weight excluding hydrogens is 492 g/mol. The maximum absolute atomic E-state index is 11.4. The average molecular weight is 539 g/mol. The molecule has 218 valence electrons. The third kappa shape index (κ3) is 32.2. The molecule has 0 heterocycles. The molecule has 0 saturated carbocycles. The van der Waals surface area contributed by atoms with E-state index >= 15 is 0 Å². The summed E-state index contributed by atoms with van der Waals surface area (Å²) in [6, 6.07) is 0. The zero-order valence-electron chi connectivity index (χ0n) is 22.7. The summed E-state index contributed by atoms with van der Waals surface area (Å²) in [7, 11) is 0. The predicted molar refractivity (Wildman–Crippen MR) is 135 cm³/mol. The Kier molecular flexibility index (Phi) is 26.0. The van der Waals surface area contributed by atoms with Crippen LogP contribution in [0.4, 0.5) is 4.79 Å². The van der Waals surface area contributed by atoms with E-state index in [4.69, 9.17) is 48.2 Å². The number of rotatable bonds is 27. The van der Waals surface area contributed by atoms with Crippen molar-refractivity contribution in [2.45, 2.75) is 26.4 Å². The lowest BCUT2D eigenvalue weighted by atomic mass is 10.2. The van der Waals surface area contributed by atoms with Gasteiger partial charge < -0.3 is 47.9 Å². The van der Waals surface area contributed by atoms with Gasteiger partial charge in [0.2, 0.25) is 0 Å². The summed E-state index contributed by atoms with van der Waals surface area (Å²) in [6.45, 7) is 13.6. The SMILES string of the molecule is CC(C)(C)OC(=O)NCCOCCOCCOCCOCCOCCOCCOCCOCCN=[N+]=[N-]. The molecule has 14 heteroatoms. The van der Waals surface area contributed by atoms with Gasteiger partial charge in [-0.15, -0.1) is 0 Å². The molecule has 0 aliphatic carbocycles. The van der Waals surface area contributed by atoms with Gasteiger partial charge in [0.05, 0.1) is 106 Å². The van der Waals surface area contributed by atoms with Gasteiger partial charge in [-0.1, -0.05) is 5.11 Å². The zero-order chi connectivity index (χ0) is 27.3. The summed E-state index contributed by atoms with van der Waals surface area (Å²) in [5.74, 6) is 0. The van der Waals surface area contributed by atoms with Crippen LogP contribution < -0.4 is 5.32 Å². The van der Waals surface area contributed by atoms with Crippen molar-refractivity contribution in [1.82, 2.24) is 5.32 Å². The number of ether oxygens (including phenoxy) is 9. The van der Waals surface area contributed by atoms with Crippen molar-refractivity contribution < 1.29 is 47.4 Å². The molecule has 0 aliphatic heterocycles. The van der Waals surface area contributed by atoms with Gasteiger partial charge in [-0.2, -0.15) is 0 Å². The molecule has 0 rings (SSSR count). The number of amides is 1. The van der Waals surface area contributed by atoms with Gasteiger partial charge in [0.25, 0.3) is 0 Å². The first kappa shape index (κ1) is 35.3. The number of nitrogens with zero attached hydrogens (tertiary/aromatic N) is 3. The van der Waals surface area contributed by atoms with Crippen LogP contribution in [0.25, 0.3) is 10.4 Å². The zero-order valence-corrected chi connectivity index (χ0v) is 22.7. The lowest BCUT2D eigenvalue weighted by Gasteiger charge is -2.19. The molecule has 0 spiro atoms. The van der Waals surface area contributed by atoms with Crippen LogP contribution in [0.5, 0.6) is 0 Å².